The molecule has 118 valence electrons. The van der Waals surface area contributed by atoms with Gasteiger partial charge in [0.2, 0.25) is 5.76 Å². The van der Waals surface area contributed by atoms with Crippen LogP contribution in [-0.2, 0) is 11.3 Å². The van der Waals surface area contributed by atoms with Crippen molar-refractivity contribution in [3.63, 3.8) is 0 Å². The quantitative estimate of drug-likeness (QED) is 0.665. The maximum Gasteiger partial charge on any atom is 0.423 e. The zero-order valence-corrected chi connectivity index (χ0v) is 12.1. The number of hydrogen-bond acceptors (Lipinski definition) is 7. The normalized spacial score (nSPS) is 10.8. The van der Waals surface area contributed by atoms with Crippen molar-refractivity contribution in [3.8, 4) is 0 Å². The van der Waals surface area contributed by atoms with Crippen LogP contribution >= 0.6 is 0 Å². The number of furan rings is 1. The largest absolute Gasteiger partial charge is 0.460 e. The molecule has 3 aromatic heterocycles. The van der Waals surface area contributed by atoms with Crippen LogP contribution in [0.1, 0.15) is 23.2 Å². The van der Waals surface area contributed by atoms with Crippen LogP contribution in [0.2, 0.25) is 0 Å². The molecule has 0 aliphatic rings. The molecule has 8 nitrogen and oxygen atoms in total. The lowest BCUT2D eigenvalue weighted by Gasteiger charge is -2.05. The predicted molar refractivity (Wildman–Crippen MR) is 78.3 cm³/mol. The van der Waals surface area contributed by atoms with Crippen LogP contribution in [0.25, 0.3) is 11.0 Å². The second-order valence-electron chi connectivity index (χ2n) is 4.60. The fourth-order valence-corrected chi connectivity index (χ4v) is 2.12. The van der Waals surface area contributed by atoms with Gasteiger partial charge < -0.3 is 13.6 Å². The molecule has 0 aliphatic heterocycles. The fraction of sp³-hybridized carbons (Fsp3) is 0.200. The summed E-state index contributed by atoms with van der Waals surface area (Å²) >= 11 is 0. The van der Waals surface area contributed by atoms with Crippen LogP contribution < -0.4 is 11.4 Å². The molecule has 0 amide bonds. The highest BCUT2D eigenvalue weighted by molar-refractivity contribution is 5.86. The second-order valence-corrected chi connectivity index (χ2v) is 4.60. The zero-order valence-electron chi connectivity index (χ0n) is 12.1. The average Bonchev–Trinajstić information content (AvgIpc) is 3.00. The Morgan fingerprint density at radius 3 is 2.87 bits per heavy atom. The average molecular weight is 316 g/mol. The van der Waals surface area contributed by atoms with Crippen molar-refractivity contribution >= 4 is 17.0 Å². The van der Waals surface area contributed by atoms with Gasteiger partial charge in [0.15, 0.2) is 5.65 Å². The predicted octanol–water partition coefficient (Wildman–Crippen LogP) is 1.17. The smallest absolute Gasteiger partial charge is 0.423 e. The molecule has 0 bridgehead atoms. The molecule has 3 aromatic rings. The number of fused-ring (bicyclic) bond motifs is 1. The number of pyridine rings is 1. The van der Waals surface area contributed by atoms with E-state index in [0.717, 1.165) is 4.57 Å². The van der Waals surface area contributed by atoms with Crippen molar-refractivity contribution in [1.29, 1.82) is 0 Å². The van der Waals surface area contributed by atoms with E-state index in [9.17, 15) is 14.4 Å². The molecular formula is C15H12N2O6. The molecule has 23 heavy (non-hydrogen) atoms. The third kappa shape index (κ3) is 2.78. The number of esters is 1. The van der Waals surface area contributed by atoms with E-state index in [1.165, 1.54) is 18.3 Å². The van der Waals surface area contributed by atoms with Gasteiger partial charge in [0.25, 0.3) is 0 Å². The lowest BCUT2D eigenvalue weighted by Crippen LogP contribution is -2.26. The van der Waals surface area contributed by atoms with Gasteiger partial charge in [0, 0.05) is 6.20 Å². The standard InChI is InChI=1S/C15H12N2O6/c1-2-21-14(19)11-6-5-9(22-11)8-17-12-10(4-3-7-16-12)13(18)23-15(17)20/h3-7H,2,8H2,1H3. The molecule has 0 unspecified atom stereocenters. The van der Waals surface area contributed by atoms with Crippen LogP contribution in [0.4, 0.5) is 0 Å². The van der Waals surface area contributed by atoms with Crippen molar-refractivity contribution in [2.75, 3.05) is 6.61 Å². The molecule has 0 fully saturated rings. The minimum Gasteiger partial charge on any atom is -0.460 e. The topological polar surface area (TPSA) is 105 Å². The van der Waals surface area contributed by atoms with E-state index in [1.54, 1.807) is 19.1 Å². The van der Waals surface area contributed by atoms with Crippen LogP contribution in [0.5, 0.6) is 0 Å². The van der Waals surface area contributed by atoms with Crippen molar-refractivity contribution < 1.29 is 18.4 Å². The molecule has 0 aromatic carbocycles. The summed E-state index contributed by atoms with van der Waals surface area (Å²) in [7, 11) is 0. The summed E-state index contributed by atoms with van der Waals surface area (Å²) in [6.07, 6.45) is 1.46. The summed E-state index contributed by atoms with van der Waals surface area (Å²) in [4.78, 5) is 39.2. The van der Waals surface area contributed by atoms with Gasteiger partial charge in [-0.3, -0.25) is 4.57 Å². The minimum atomic E-state index is -0.852. The number of carbonyl (C=O) groups excluding carboxylic acids is 1. The summed E-state index contributed by atoms with van der Waals surface area (Å²) in [6.45, 7) is 1.88. The van der Waals surface area contributed by atoms with Gasteiger partial charge in [0.05, 0.1) is 13.2 Å². The van der Waals surface area contributed by atoms with Crippen LogP contribution in [0, 0.1) is 0 Å². The first kappa shape index (κ1) is 14.8. The SMILES string of the molecule is CCOC(=O)c1ccc(Cn2c(=O)oc(=O)c3cccnc32)o1. The summed E-state index contributed by atoms with van der Waals surface area (Å²) in [6, 6.07) is 6.07. The van der Waals surface area contributed by atoms with Crippen LogP contribution in [0.15, 0.2) is 48.9 Å². The summed E-state index contributed by atoms with van der Waals surface area (Å²) in [5.41, 5.74) is -0.566. The molecule has 8 heteroatoms. The van der Waals surface area contributed by atoms with E-state index < -0.39 is 17.4 Å². The molecule has 0 N–H and O–H groups in total. The Kier molecular flexibility index (Phi) is 3.80. The van der Waals surface area contributed by atoms with Gasteiger partial charge in [-0.2, -0.15) is 0 Å². The Balaban J connectivity index is 2.01. The summed E-state index contributed by atoms with van der Waals surface area (Å²) < 4.78 is 16.0. The molecule has 3 heterocycles. The van der Waals surface area contributed by atoms with Crippen LogP contribution in [0.3, 0.4) is 0 Å². The lowest BCUT2D eigenvalue weighted by atomic mass is 10.3. The Morgan fingerprint density at radius 2 is 2.09 bits per heavy atom. The molecule has 0 saturated carbocycles. The Labute approximate surface area is 128 Å². The van der Waals surface area contributed by atoms with E-state index in [2.05, 4.69) is 9.40 Å². The third-order valence-electron chi connectivity index (χ3n) is 3.11. The molecule has 0 spiro atoms. The van der Waals surface area contributed by atoms with Gasteiger partial charge in [-0.1, -0.05) is 0 Å². The van der Waals surface area contributed by atoms with E-state index in [1.807, 2.05) is 0 Å². The molecule has 0 saturated heterocycles. The molecule has 3 rings (SSSR count). The van der Waals surface area contributed by atoms with E-state index in [-0.39, 0.29) is 29.9 Å². The molecular weight excluding hydrogens is 304 g/mol. The van der Waals surface area contributed by atoms with Gasteiger partial charge in [-0.25, -0.2) is 19.4 Å². The first-order chi connectivity index (χ1) is 11.1. The van der Waals surface area contributed by atoms with E-state index >= 15 is 0 Å². The van der Waals surface area contributed by atoms with Crippen LogP contribution in [-0.4, -0.2) is 22.1 Å². The number of rotatable bonds is 4. The maximum atomic E-state index is 11.9. The number of aromatic nitrogens is 2. The van der Waals surface area contributed by atoms with E-state index in [4.69, 9.17) is 9.15 Å². The first-order valence-electron chi connectivity index (χ1n) is 6.84. The highest BCUT2D eigenvalue weighted by Gasteiger charge is 2.15. The van der Waals surface area contributed by atoms with E-state index in [0.29, 0.717) is 5.76 Å². The minimum absolute atomic E-state index is 0.0320. The Bertz CT molecular complexity index is 981. The highest BCUT2D eigenvalue weighted by atomic mass is 16.5. The fourth-order valence-electron chi connectivity index (χ4n) is 2.12. The molecule has 0 aliphatic carbocycles. The van der Waals surface area contributed by atoms with Crippen molar-refractivity contribution in [1.82, 2.24) is 9.55 Å². The summed E-state index contributed by atoms with van der Waals surface area (Å²) in [5, 5.41) is 0.185. The Hall–Kier alpha value is -3.16. The van der Waals surface area contributed by atoms with Gasteiger partial charge in [0.1, 0.15) is 11.1 Å². The van der Waals surface area contributed by atoms with Crippen molar-refractivity contribution in [2.45, 2.75) is 13.5 Å². The second kappa shape index (κ2) is 5.91. The van der Waals surface area contributed by atoms with Gasteiger partial charge in [-0.05, 0) is 31.2 Å². The van der Waals surface area contributed by atoms with Gasteiger partial charge >= 0.3 is 17.4 Å². The van der Waals surface area contributed by atoms with Gasteiger partial charge in [-0.15, -0.1) is 0 Å². The van der Waals surface area contributed by atoms with Crippen molar-refractivity contribution in [3.05, 3.63) is 63.0 Å². The van der Waals surface area contributed by atoms with Crippen molar-refractivity contribution in [2.24, 2.45) is 0 Å². The number of carbonyl (C=O) groups is 1. The Morgan fingerprint density at radius 1 is 1.26 bits per heavy atom. The lowest BCUT2D eigenvalue weighted by molar-refractivity contribution is 0.0488. The first-order valence-corrected chi connectivity index (χ1v) is 6.84. The summed E-state index contributed by atoms with van der Waals surface area (Å²) in [5.74, 6) is -1.08. The molecule has 0 atom stereocenters. The monoisotopic (exact) mass is 316 g/mol. The maximum absolute atomic E-state index is 11.9. The number of nitrogens with zero attached hydrogens (tertiary/aromatic N) is 2. The highest BCUT2D eigenvalue weighted by Crippen LogP contribution is 2.12. The number of ether oxygens (including phenoxy) is 1. The number of hydrogen-bond donors (Lipinski definition) is 0. The molecule has 0 radical (unpaired) electrons. The zero-order chi connectivity index (χ0) is 16.4. The third-order valence-corrected chi connectivity index (χ3v) is 3.11.